The van der Waals surface area contributed by atoms with E-state index in [1.165, 1.54) is 7.11 Å². The van der Waals surface area contributed by atoms with Gasteiger partial charge in [-0.2, -0.15) is 0 Å². The van der Waals surface area contributed by atoms with Gasteiger partial charge in [0.05, 0.1) is 39.0 Å². The number of benzene rings is 2. The highest BCUT2D eigenvalue weighted by molar-refractivity contribution is 7.89. The van der Waals surface area contributed by atoms with Crippen molar-refractivity contribution in [1.82, 2.24) is 0 Å². The van der Waals surface area contributed by atoms with Crippen LogP contribution in [0.15, 0.2) is 81.5 Å². The average molecular weight is 507 g/mol. The van der Waals surface area contributed by atoms with E-state index in [1.807, 2.05) is 43.4 Å². The number of terminal acetylenes is 1. The number of aliphatic hydroxyl groups excluding tert-OH is 1. The molecule has 2 aromatic rings. The summed E-state index contributed by atoms with van der Waals surface area (Å²) in [6, 6.07) is 10.6. The first kappa shape index (κ1) is 28.0. The fourth-order valence-corrected chi connectivity index (χ4v) is 5.05. The number of hydrogen-bond donors (Lipinski definition) is 1. The number of hydrogen-bond acceptors (Lipinski definition) is 6. The van der Waals surface area contributed by atoms with Gasteiger partial charge in [-0.1, -0.05) is 30.4 Å². The van der Waals surface area contributed by atoms with E-state index in [-0.39, 0.29) is 12.2 Å². The Kier molecular flexibility index (Phi) is 10.5. The van der Waals surface area contributed by atoms with Crippen molar-refractivity contribution < 1.29 is 23.6 Å². The minimum atomic E-state index is -1.46. The number of ether oxygens (including phenoxy) is 2. The molecule has 36 heavy (non-hydrogen) atoms. The van der Waals surface area contributed by atoms with Crippen molar-refractivity contribution in [2.24, 2.45) is 5.11 Å². The van der Waals surface area contributed by atoms with Gasteiger partial charge in [-0.3, -0.25) is 9.69 Å². The summed E-state index contributed by atoms with van der Waals surface area (Å²) < 4.78 is 25.2. The predicted molar refractivity (Wildman–Crippen MR) is 140 cm³/mol. The molecule has 9 nitrogen and oxygen atoms in total. The summed E-state index contributed by atoms with van der Waals surface area (Å²) in [6.07, 6.45) is 15.9. The van der Waals surface area contributed by atoms with Crippen LogP contribution in [0, 0.1) is 19.8 Å². The topological polar surface area (TPSA) is 125 Å². The number of aryl methyl sites for hydroxylation is 1. The molecular formula is C26H26N4O5S. The summed E-state index contributed by atoms with van der Waals surface area (Å²) in [4.78, 5) is 18.3. The van der Waals surface area contributed by atoms with E-state index in [4.69, 9.17) is 20.1 Å². The predicted octanol–water partition coefficient (Wildman–Crippen LogP) is 5.27. The summed E-state index contributed by atoms with van der Waals surface area (Å²) in [5, 5.41) is 10.3. The van der Waals surface area contributed by atoms with E-state index in [0.717, 1.165) is 12.7 Å². The zero-order chi connectivity index (χ0) is 26.7. The van der Waals surface area contributed by atoms with E-state index in [2.05, 4.69) is 22.9 Å². The summed E-state index contributed by atoms with van der Waals surface area (Å²) in [5.41, 5.74) is 10.7. The number of carbonyl (C=O) groups excluding carboxylic acids is 1. The summed E-state index contributed by atoms with van der Waals surface area (Å²) in [7, 11) is 1.04. The van der Waals surface area contributed by atoms with Gasteiger partial charge in [-0.05, 0) is 53.5 Å². The number of rotatable bonds is 3. The lowest BCUT2D eigenvalue weighted by Crippen LogP contribution is -2.29. The van der Waals surface area contributed by atoms with Crippen LogP contribution in [0.2, 0.25) is 0 Å². The second kappa shape index (κ2) is 13.6. The maximum atomic E-state index is 13.5. The molecule has 2 aliphatic heterocycles. The Hall–Kier alpha value is -4.29. The van der Waals surface area contributed by atoms with Crippen LogP contribution in [0.5, 0.6) is 5.75 Å². The molecular weight excluding hydrogens is 480 g/mol. The lowest BCUT2D eigenvalue weighted by atomic mass is 10.1. The molecule has 186 valence electrons. The Morgan fingerprint density at radius 2 is 1.92 bits per heavy atom. The van der Waals surface area contributed by atoms with Gasteiger partial charge in [0.15, 0.2) is 0 Å². The molecule has 0 aromatic heterocycles. The largest absolute Gasteiger partial charge is 0.495 e. The minimum Gasteiger partial charge on any atom is -0.495 e. The molecule has 2 aromatic carbocycles. The number of nitrogens with zero attached hydrogens (tertiary/aromatic N) is 4. The van der Waals surface area contributed by atoms with Crippen LogP contribution < -0.4 is 9.64 Å². The molecule has 2 heterocycles. The SMILES string of the molecule is C#C.CO.COc1cc(C)cc(C(=O)N=[N+]=[N-])c1N1C2=C(C/C=C\C=C/CO2)S(=O)c2ccccc21. The lowest BCUT2D eigenvalue weighted by molar-refractivity contribution is 0.100. The van der Waals surface area contributed by atoms with Crippen LogP contribution in [0.1, 0.15) is 22.3 Å². The van der Waals surface area contributed by atoms with Gasteiger partial charge in [-0.25, -0.2) is 4.21 Å². The Morgan fingerprint density at radius 3 is 2.61 bits per heavy atom. The number of para-hydroxylation sites is 1. The summed E-state index contributed by atoms with van der Waals surface area (Å²) >= 11 is 0. The number of azide groups is 1. The van der Waals surface area contributed by atoms with E-state index >= 15 is 0 Å². The smallest absolute Gasteiger partial charge is 0.251 e. The van der Waals surface area contributed by atoms with E-state index in [0.29, 0.717) is 39.2 Å². The normalized spacial score (nSPS) is 17.3. The number of anilines is 2. The third-order valence-corrected chi connectivity index (χ3v) is 6.54. The monoisotopic (exact) mass is 506 g/mol. The maximum Gasteiger partial charge on any atom is 0.251 e. The van der Waals surface area contributed by atoms with Gasteiger partial charge < -0.3 is 14.6 Å². The number of methoxy groups -OCH3 is 1. The molecule has 1 amide bonds. The van der Waals surface area contributed by atoms with Gasteiger partial charge in [-0.15, -0.1) is 12.8 Å². The van der Waals surface area contributed by atoms with Crippen molar-refractivity contribution in [1.29, 1.82) is 0 Å². The standard InChI is InChI=1S/C23H20N4O4S.C2H2.CH4O/c1-15-13-16(22(28)25-26-24)21(18(14-15)30-2)27-17-9-6-7-10-19(17)32(29)20-11-5-3-4-8-12-31-23(20)27;2*1-2/h3-10,13-14H,11-12H2,1-2H3;1-2H;2H,1H3/b5-3-,8-4-;;. The molecule has 0 saturated carbocycles. The fraction of sp³-hybridized carbons (Fsp3) is 0.192. The Bertz CT molecular complexity index is 1310. The molecule has 1 atom stereocenters. The zero-order valence-electron chi connectivity index (χ0n) is 20.1. The number of amides is 1. The summed E-state index contributed by atoms with van der Waals surface area (Å²) in [5.74, 6) is -0.000518. The van der Waals surface area contributed by atoms with Gasteiger partial charge in [0.1, 0.15) is 18.0 Å². The van der Waals surface area contributed by atoms with Crippen molar-refractivity contribution >= 4 is 28.1 Å². The lowest BCUT2D eigenvalue weighted by Gasteiger charge is -2.35. The van der Waals surface area contributed by atoms with Crippen LogP contribution in [-0.4, -0.2) is 36.0 Å². The molecule has 0 saturated heterocycles. The molecule has 2 aliphatic rings. The van der Waals surface area contributed by atoms with Crippen LogP contribution in [-0.2, 0) is 15.5 Å². The molecule has 0 spiro atoms. The third-order valence-electron chi connectivity index (χ3n) is 5.00. The van der Waals surface area contributed by atoms with Crippen molar-refractivity contribution in [3.63, 3.8) is 0 Å². The number of fused-ring (bicyclic) bond motifs is 1. The molecule has 0 fully saturated rings. The first-order valence-corrected chi connectivity index (χ1v) is 11.8. The highest BCUT2D eigenvalue weighted by atomic mass is 32.2. The van der Waals surface area contributed by atoms with E-state index in [1.54, 1.807) is 29.2 Å². The fourth-order valence-electron chi connectivity index (χ4n) is 3.68. The Balaban J connectivity index is 0.00000109. The Labute approximate surface area is 212 Å². The molecule has 0 bridgehead atoms. The van der Waals surface area contributed by atoms with Gasteiger partial charge >= 0.3 is 0 Å². The quantitative estimate of drug-likeness (QED) is 0.262. The first-order chi connectivity index (χ1) is 17.6. The molecule has 4 rings (SSSR count). The van der Waals surface area contributed by atoms with Crippen molar-refractivity contribution in [3.05, 3.63) is 93.1 Å². The second-order valence-corrected chi connectivity index (χ2v) is 8.50. The Morgan fingerprint density at radius 1 is 1.22 bits per heavy atom. The maximum absolute atomic E-state index is 13.5. The molecule has 0 aliphatic carbocycles. The zero-order valence-corrected chi connectivity index (χ0v) is 20.9. The van der Waals surface area contributed by atoms with Crippen molar-refractivity contribution in [2.75, 3.05) is 25.7 Å². The highest BCUT2D eigenvalue weighted by Gasteiger charge is 2.36. The number of carbonyl (C=O) groups is 1. The molecule has 10 heteroatoms. The van der Waals surface area contributed by atoms with Gasteiger partial charge in [0.2, 0.25) is 5.88 Å². The first-order valence-electron chi connectivity index (χ1n) is 10.6. The van der Waals surface area contributed by atoms with Crippen LogP contribution in [0.25, 0.3) is 10.4 Å². The van der Waals surface area contributed by atoms with E-state index < -0.39 is 16.7 Å². The molecule has 1 N–H and O–H groups in total. The average Bonchev–Trinajstić information content (AvgIpc) is 3.04. The van der Waals surface area contributed by atoms with Crippen LogP contribution >= 0.6 is 0 Å². The highest BCUT2D eigenvalue weighted by Crippen LogP contribution is 2.47. The van der Waals surface area contributed by atoms with E-state index in [9.17, 15) is 9.00 Å². The number of aliphatic hydroxyl groups is 1. The molecule has 1 unspecified atom stereocenters. The van der Waals surface area contributed by atoms with Crippen molar-refractivity contribution in [2.45, 2.75) is 18.2 Å². The minimum absolute atomic E-state index is 0.156. The van der Waals surface area contributed by atoms with Crippen LogP contribution in [0.4, 0.5) is 11.4 Å². The third kappa shape index (κ3) is 5.67. The van der Waals surface area contributed by atoms with Crippen molar-refractivity contribution in [3.8, 4) is 18.6 Å². The van der Waals surface area contributed by atoms with Crippen LogP contribution in [0.3, 0.4) is 0 Å². The van der Waals surface area contributed by atoms with Gasteiger partial charge in [0, 0.05) is 18.4 Å². The second-order valence-electron chi connectivity index (χ2n) is 7.03. The number of allylic oxidation sites excluding steroid dienone is 4. The van der Waals surface area contributed by atoms with Gasteiger partial charge in [0.25, 0.3) is 5.91 Å². The summed E-state index contributed by atoms with van der Waals surface area (Å²) in [6.45, 7) is 2.06. The molecule has 0 radical (unpaired) electrons.